The lowest BCUT2D eigenvalue weighted by Gasteiger charge is -2.12. The summed E-state index contributed by atoms with van der Waals surface area (Å²) in [5.41, 5.74) is 0.851. The Labute approximate surface area is 125 Å². The molecule has 114 valence electrons. The number of amides is 1. The number of carbonyl (C=O) groups is 1. The number of rotatable bonds is 8. The fourth-order valence-corrected chi connectivity index (χ4v) is 2.13. The van der Waals surface area contributed by atoms with Crippen molar-refractivity contribution in [2.24, 2.45) is 0 Å². The number of carbonyl (C=O) groups excluding carboxylic acids is 1. The van der Waals surface area contributed by atoms with Crippen LogP contribution in [-0.4, -0.2) is 38.3 Å². The Morgan fingerprint density at radius 1 is 1.52 bits per heavy atom. The predicted octanol–water partition coefficient (Wildman–Crippen LogP) is 1.96. The highest BCUT2D eigenvalue weighted by molar-refractivity contribution is 5.80. The molecule has 0 bridgehead atoms. The molecule has 0 aliphatic carbocycles. The maximum Gasteiger partial charge on any atom is 0.239 e. The van der Waals surface area contributed by atoms with E-state index in [0.717, 1.165) is 30.9 Å². The second-order valence-corrected chi connectivity index (χ2v) is 4.92. The minimum atomic E-state index is -0.0390. The molecule has 1 aromatic rings. The van der Waals surface area contributed by atoms with E-state index in [2.05, 4.69) is 17.2 Å². The van der Waals surface area contributed by atoms with Crippen LogP contribution >= 0.6 is 0 Å². The van der Waals surface area contributed by atoms with Crippen LogP contribution in [0.1, 0.15) is 12.8 Å². The molecule has 5 nitrogen and oxygen atoms in total. The van der Waals surface area contributed by atoms with Gasteiger partial charge in [-0.1, -0.05) is 18.7 Å². The monoisotopic (exact) mass is 290 g/mol. The van der Waals surface area contributed by atoms with Crippen LogP contribution in [0, 0.1) is 0 Å². The van der Waals surface area contributed by atoms with E-state index in [0.29, 0.717) is 13.2 Å². The Hall–Kier alpha value is -2.01. The zero-order valence-corrected chi connectivity index (χ0v) is 12.1. The van der Waals surface area contributed by atoms with Gasteiger partial charge in [-0.2, -0.15) is 0 Å². The molecule has 0 spiro atoms. The van der Waals surface area contributed by atoms with Crippen LogP contribution in [0.4, 0.5) is 5.69 Å². The van der Waals surface area contributed by atoms with Crippen molar-refractivity contribution in [2.45, 2.75) is 18.9 Å². The molecule has 21 heavy (non-hydrogen) atoms. The van der Waals surface area contributed by atoms with Crippen molar-refractivity contribution < 1.29 is 14.3 Å². The van der Waals surface area contributed by atoms with Gasteiger partial charge in [0.1, 0.15) is 12.4 Å². The van der Waals surface area contributed by atoms with Crippen molar-refractivity contribution >= 4 is 11.6 Å². The Kier molecular flexibility index (Phi) is 6.09. The van der Waals surface area contributed by atoms with Crippen LogP contribution in [0.2, 0.25) is 0 Å². The van der Waals surface area contributed by atoms with Gasteiger partial charge in [-0.05, 0) is 25.0 Å². The molecule has 0 radical (unpaired) electrons. The lowest BCUT2D eigenvalue weighted by Crippen LogP contribution is -2.35. The number of anilines is 1. The fraction of sp³-hybridized carbons (Fsp3) is 0.438. The van der Waals surface area contributed by atoms with Crippen molar-refractivity contribution in [3.63, 3.8) is 0 Å². The molecule has 1 saturated heterocycles. The van der Waals surface area contributed by atoms with Gasteiger partial charge in [0, 0.05) is 24.9 Å². The van der Waals surface area contributed by atoms with Crippen molar-refractivity contribution in [2.75, 3.05) is 31.6 Å². The zero-order valence-electron chi connectivity index (χ0n) is 12.1. The molecule has 1 atom stereocenters. The van der Waals surface area contributed by atoms with E-state index in [-0.39, 0.29) is 18.6 Å². The van der Waals surface area contributed by atoms with E-state index in [1.54, 1.807) is 6.08 Å². The number of nitrogens with one attached hydrogen (secondary N) is 2. The Bertz CT molecular complexity index is 470. The van der Waals surface area contributed by atoms with Crippen LogP contribution in [-0.2, 0) is 9.53 Å². The largest absolute Gasteiger partial charge is 0.489 e. The van der Waals surface area contributed by atoms with Gasteiger partial charge < -0.3 is 20.1 Å². The molecule has 5 heteroatoms. The van der Waals surface area contributed by atoms with E-state index in [1.807, 2.05) is 24.3 Å². The highest BCUT2D eigenvalue weighted by Crippen LogP contribution is 2.17. The number of benzene rings is 1. The average molecular weight is 290 g/mol. The third-order valence-electron chi connectivity index (χ3n) is 3.21. The maximum atomic E-state index is 11.8. The zero-order chi connectivity index (χ0) is 14.9. The average Bonchev–Trinajstić information content (AvgIpc) is 3.03. The van der Waals surface area contributed by atoms with E-state index >= 15 is 0 Å². The quantitative estimate of drug-likeness (QED) is 0.719. The molecule has 0 aromatic heterocycles. The summed E-state index contributed by atoms with van der Waals surface area (Å²) in [6, 6.07) is 7.50. The fourth-order valence-electron chi connectivity index (χ4n) is 2.13. The van der Waals surface area contributed by atoms with Crippen molar-refractivity contribution in [3.05, 3.63) is 36.9 Å². The molecule has 1 aliphatic rings. The summed E-state index contributed by atoms with van der Waals surface area (Å²) < 4.78 is 10.9. The van der Waals surface area contributed by atoms with Crippen LogP contribution in [0.3, 0.4) is 0 Å². The Balaban J connectivity index is 1.71. The minimum absolute atomic E-state index is 0.0390. The van der Waals surface area contributed by atoms with Crippen molar-refractivity contribution in [1.29, 1.82) is 0 Å². The summed E-state index contributed by atoms with van der Waals surface area (Å²) in [6.07, 6.45) is 3.97. The normalized spacial score (nSPS) is 17.2. The minimum Gasteiger partial charge on any atom is -0.489 e. The molecule has 2 N–H and O–H groups in total. The standard InChI is InChI=1S/C16H22N2O3/c1-2-8-20-14-6-3-5-13(10-14)17-12-16(19)18-11-15-7-4-9-21-15/h2-3,5-6,10,15,17H,1,4,7-9,11-12H2,(H,18,19). The third-order valence-corrected chi connectivity index (χ3v) is 3.21. The number of hydrogen-bond acceptors (Lipinski definition) is 4. The molecule has 1 fully saturated rings. The van der Waals surface area contributed by atoms with Gasteiger partial charge in [0.2, 0.25) is 5.91 Å². The summed E-state index contributed by atoms with van der Waals surface area (Å²) in [6.45, 7) is 5.69. The van der Waals surface area contributed by atoms with Gasteiger partial charge in [-0.15, -0.1) is 0 Å². The second kappa shape index (κ2) is 8.32. The highest BCUT2D eigenvalue weighted by Gasteiger charge is 2.15. The van der Waals surface area contributed by atoms with Gasteiger partial charge in [0.15, 0.2) is 0 Å². The molecular weight excluding hydrogens is 268 g/mol. The van der Waals surface area contributed by atoms with E-state index in [1.165, 1.54) is 0 Å². The summed E-state index contributed by atoms with van der Waals surface area (Å²) in [7, 11) is 0. The molecule has 1 unspecified atom stereocenters. The first kappa shape index (κ1) is 15.4. The summed E-state index contributed by atoms with van der Waals surface area (Å²) in [5.74, 6) is 0.711. The van der Waals surface area contributed by atoms with Gasteiger partial charge >= 0.3 is 0 Å². The first-order valence-corrected chi connectivity index (χ1v) is 7.24. The van der Waals surface area contributed by atoms with Gasteiger partial charge in [-0.25, -0.2) is 0 Å². The number of ether oxygens (including phenoxy) is 2. The second-order valence-electron chi connectivity index (χ2n) is 4.92. The Morgan fingerprint density at radius 3 is 3.19 bits per heavy atom. The van der Waals surface area contributed by atoms with Crippen LogP contribution in [0.5, 0.6) is 5.75 Å². The van der Waals surface area contributed by atoms with Crippen LogP contribution < -0.4 is 15.4 Å². The molecule has 1 aliphatic heterocycles. The van der Waals surface area contributed by atoms with Crippen molar-refractivity contribution in [1.82, 2.24) is 5.32 Å². The SMILES string of the molecule is C=CCOc1cccc(NCC(=O)NCC2CCCO2)c1. The third kappa shape index (κ3) is 5.47. The van der Waals surface area contributed by atoms with Gasteiger partial charge in [0.25, 0.3) is 0 Å². The molecule has 1 aromatic carbocycles. The van der Waals surface area contributed by atoms with E-state index in [9.17, 15) is 4.79 Å². The number of hydrogen-bond donors (Lipinski definition) is 2. The molecule has 2 rings (SSSR count). The van der Waals surface area contributed by atoms with Gasteiger partial charge in [-0.3, -0.25) is 4.79 Å². The van der Waals surface area contributed by atoms with Crippen LogP contribution in [0.25, 0.3) is 0 Å². The topological polar surface area (TPSA) is 59.6 Å². The summed E-state index contributed by atoms with van der Waals surface area (Å²) in [4.78, 5) is 11.8. The molecular formula is C16H22N2O3. The molecule has 1 amide bonds. The smallest absolute Gasteiger partial charge is 0.239 e. The van der Waals surface area contributed by atoms with E-state index < -0.39 is 0 Å². The van der Waals surface area contributed by atoms with Gasteiger partial charge in [0.05, 0.1) is 12.6 Å². The first-order chi connectivity index (χ1) is 10.3. The Morgan fingerprint density at radius 2 is 2.43 bits per heavy atom. The first-order valence-electron chi connectivity index (χ1n) is 7.24. The predicted molar refractivity (Wildman–Crippen MR) is 82.6 cm³/mol. The lowest BCUT2D eigenvalue weighted by molar-refractivity contribution is -0.119. The molecule has 0 saturated carbocycles. The van der Waals surface area contributed by atoms with Crippen LogP contribution in [0.15, 0.2) is 36.9 Å². The highest BCUT2D eigenvalue weighted by atomic mass is 16.5. The molecule has 1 heterocycles. The maximum absolute atomic E-state index is 11.8. The van der Waals surface area contributed by atoms with E-state index in [4.69, 9.17) is 9.47 Å². The lowest BCUT2D eigenvalue weighted by atomic mass is 10.2. The summed E-state index contributed by atoms with van der Waals surface area (Å²) in [5, 5.41) is 5.95. The van der Waals surface area contributed by atoms with Crippen molar-refractivity contribution in [3.8, 4) is 5.75 Å². The summed E-state index contributed by atoms with van der Waals surface area (Å²) >= 11 is 0.